The molecule has 0 aliphatic rings. The van der Waals surface area contributed by atoms with Crippen LogP contribution < -0.4 is 10.2 Å². The maximum absolute atomic E-state index is 14.0. The van der Waals surface area contributed by atoms with Crippen molar-refractivity contribution >= 4 is 5.69 Å². The summed E-state index contributed by atoms with van der Waals surface area (Å²) in [4.78, 5) is 2.22. The van der Waals surface area contributed by atoms with Gasteiger partial charge in [-0.25, -0.2) is 4.39 Å². The zero-order valence-electron chi connectivity index (χ0n) is 13.9. The van der Waals surface area contributed by atoms with Crippen LogP contribution in [-0.4, -0.2) is 31.3 Å². The highest BCUT2D eigenvalue weighted by Gasteiger charge is 2.21. The highest BCUT2D eigenvalue weighted by atomic mass is 19.1. The molecule has 0 saturated heterocycles. The van der Waals surface area contributed by atoms with Crippen LogP contribution in [0.25, 0.3) is 0 Å². The van der Waals surface area contributed by atoms with Gasteiger partial charge in [-0.1, -0.05) is 13.8 Å². The standard InChI is InChI=1S/C17H29FN2O/c1-6-14(7-2)20(8-9-21)17-10-12(3)16(18)11-15(17)13(4)19-5/h10-11,13-14,19,21H,6-9H2,1-5H3. The number of nitrogens with zero attached hydrogens (tertiary/aromatic N) is 1. The van der Waals surface area contributed by atoms with E-state index in [1.807, 2.05) is 20.0 Å². The minimum atomic E-state index is -0.177. The third-order valence-corrected chi connectivity index (χ3v) is 4.24. The second kappa shape index (κ2) is 8.35. The summed E-state index contributed by atoms with van der Waals surface area (Å²) < 4.78 is 14.0. The second-order valence-electron chi connectivity index (χ2n) is 5.56. The number of nitrogens with one attached hydrogen (secondary N) is 1. The number of hydrogen-bond acceptors (Lipinski definition) is 3. The predicted octanol–water partition coefficient (Wildman–Crippen LogP) is 3.40. The zero-order chi connectivity index (χ0) is 16.0. The van der Waals surface area contributed by atoms with Crippen molar-refractivity contribution in [1.29, 1.82) is 0 Å². The van der Waals surface area contributed by atoms with Crippen molar-refractivity contribution in [2.75, 3.05) is 25.1 Å². The van der Waals surface area contributed by atoms with Crippen molar-refractivity contribution in [2.24, 2.45) is 0 Å². The van der Waals surface area contributed by atoms with Crippen LogP contribution in [0.2, 0.25) is 0 Å². The van der Waals surface area contributed by atoms with Crippen molar-refractivity contribution in [2.45, 2.75) is 52.6 Å². The minimum Gasteiger partial charge on any atom is -0.395 e. The van der Waals surface area contributed by atoms with Gasteiger partial charge in [0.15, 0.2) is 0 Å². The molecule has 1 aromatic rings. The molecule has 0 saturated carbocycles. The molecule has 0 aliphatic heterocycles. The van der Waals surface area contributed by atoms with Gasteiger partial charge in [0.1, 0.15) is 5.82 Å². The summed E-state index contributed by atoms with van der Waals surface area (Å²) in [7, 11) is 1.87. The normalized spacial score (nSPS) is 12.8. The number of aliphatic hydroxyl groups is 1. The zero-order valence-corrected chi connectivity index (χ0v) is 13.9. The molecule has 1 unspecified atom stereocenters. The maximum atomic E-state index is 14.0. The molecule has 0 amide bonds. The highest BCUT2D eigenvalue weighted by molar-refractivity contribution is 5.58. The maximum Gasteiger partial charge on any atom is 0.126 e. The third kappa shape index (κ3) is 4.17. The molecule has 2 N–H and O–H groups in total. The van der Waals surface area contributed by atoms with Crippen molar-refractivity contribution in [1.82, 2.24) is 5.32 Å². The molecule has 4 heteroatoms. The molecule has 3 nitrogen and oxygen atoms in total. The molecule has 0 radical (unpaired) electrons. The van der Waals surface area contributed by atoms with Crippen LogP contribution in [-0.2, 0) is 0 Å². The van der Waals surface area contributed by atoms with E-state index in [0.717, 1.165) is 24.1 Å². The van der Waals surface area contributed by atoms with E-state index in [2.05, 4.69) is 24.1 Å². The van der Waals surface area contributed by atoms with Crippen LogP contribution in [0.1, 0.15) is 50.8 Å². The van der Waals surface area contributed by atoms with Gasteiger partial charge in [-0.2, -0.15) is 0 Å². The number of halogens is 1. The van der Waals surface area contributed by atoms with Crippen molar-refractivity contribution < 1.29 is 9.50 Å². The van der Waals surface area contributed by atoms with E-state index in [9.17, 15) is 9.50 Å². The monoisotopic (exact) mass is 296 g/mol. The quantitative estimate of drug-likeness (QED) is 0.772. The molecule has 1 atom stereocenters. The SMILES string of the molecule is CCC(CC)N(CCO)c1cc(C)c(F)cc1C(C)NC. The minimum absolute atomic E-state index is 0.0608. The van der Waals surface area contributed by atoms with Gasteiger partial charge >= 0.3 is 0 Å². The van der Waals surface area contributed by atoms with Gasteiger partial charge in [0.25, 0.3) is 0 Å². The number of benzene rings is 1. The molecule has 21 heavy (non-hydrogen) atoms. The molecule has 120 valence electrons. The Hall–Kier alpha value is -1.13. The van der Waals surface area contributed by atoms with Gasteiger partial charge in [-0.3, -0.25) is 0 Å². The topological polar surface area (TPSA) is 35.5 Å². The molecule has 1 rings (SSSR count). The van der Waals surface area contributed by atoms with Crippen LogP contribution in [0.4, 0.5) is 10.1 Å². The fourth-order valence-electron chi connectivity index (χ4n) is 2.77. The molecule has 0 aromatic heterocycles. The summed E-state index contributed by atoms with van der Waals surface area (Å²) in [6.07, 6.45) is 2.00. The van der Waals surface area contributed by atoms with Crippen molar-refractivity contribution in [3.05, 3.63) is 29.1 Å². The van der Waals surface area contributed by atoms with Gasteiger partial charge in [-0.15, -0.1) is 0 Å². The number of rotatable bonds is 8. The Balaban J connectivity index is 3.37. The number of aliphatic hydroxyl groups excluding tert-OH is 1. The Labute approximate surface area is 128 Å². The average molecular weight is 296 g/mol. The van der Waals surface area contributed by atoms with Crippen LogP contribution in [0.3, 0.4) is 0 Å². The fraction of sp³-hybridized carbons (Fsp3) is 0.647. The summed E-state index contributed by atoms with van der Waals surface area (Å²) in [5.74, 6) is -0.177. The molecule has 0 aliphatic carbocycles. The van der Waals surface area contributed by atoms with Crippen molar-refractivity contribution in [3.8, 4) is 0 Å². The summed E-state index contributed by atoms with van der Waals surface area (Å²) >= 11 is 0. The van der Waals surface area contributed by atoms with E-state index in [0.29, 0.717) is 18.2 Å². The average Bonchev–Trinajstić information content (AvgIpc) is 2.49. The van der Waals surface area contributed by atoms with E-state index in [-0.39, 0.29) is 18.5 Å². The third-order valence-electron chi connectivity index (χ3n) is 4.24. The van der Waals surface area contributed by atoms with Gasteiger partial charge in [0.05, 0.1) is 6.61 Å². The van der Waals surface area contributed by atoms with Crippen LogP contribution in [0.15, 0.2) is 12.1 Å². The largest absolute Gasteiger partial charge is 0.395 e. The molecule has 0 spiro atoms. The Kier molecular flexibility index (Phi) is 7.12. The first kappa shape index (κ1) is 17.9. The molecule has 0 heterocycles. The first-order valence-corrected chi connectivity index (χ1v) is 7.84. The molecular formula is C17H29FN2O. The van der Waals surface area contributed by atoms with E-state index in [1.54, 1.807) is 13.0 Å². The smallest absolute Gasteiger partial charge is 0.126 e. The summed E-state index contributed by atoms with van der Waals surface area (Å²) in [5.41, 5.74) is 2.62. The Morgan fingerprint density at radius 3 is 2.38 bits per heavy atom. The molecule has 1 aromatic carbocycles. The van der Waals surface area contributed by atoms with E-state index >= 15 is 0 Å². The lowest BCUT2D eigenvalue weighted by Crippen LogP contribution is -2.38. The lowest BCUT2D eigenvalue weighted by Gasteiger charge is -2.35. The van der Waals surface area contributed by atoms with E-state index in [1.165, 1.54) is 0 Å². The molecular weight excluding hydrogens is 267 g/mol. The Bertz CT molecular complexity index is 447. The Morgan fingerprint density at radius 2 is 1.90 bits per heavy atom. The summed E-state index contributed by atoms with van der Waals surface area (Å²) in [5, 5.41) is 12.6. The van der Waals surface area contributed by atoms with Gasteiger partial charge < -0.3 is 15.3 Å². The molecule has 0 bridgehead atoms. The highest BCUT2D eigenvalue weighted by Crippen LogP contribution is 2.31. The lowest BCUT2D eigenvalue weighted by molar-refractivity contribution is 0.295. The number of anilines is 1. The second-order valence-corrected chi connectivity index (χ2v) is 5.56. The van der Waals surface area contributed by atoms with Gasteiger partial charge in [0.2, 0.25) is 0 Å². The van der Waals surface area contributed by atoms with Crippen LogP contribution in [0, 0.1) is 12.7 Å². The van der Waals surface area contributed by atoms with Crippen molar-refractivity contribution in [3.63, 3.8) is 0 Å². The fourth-order valence-corrected chi connectivity index (χ4v) is 2.77. The molecule has 0 fully saturated rings. The van der Waals surface area contributed by atoms with E-state index < -0.39 is 0 Å². The first-order chi connectivity index (χ1) is 9.99. The van der Waals surface area contributed by atoms with Crippen LogP contribution >= 0.6 is 0 Å². The first-order valence-electron chi connectivity index (χ1n) is 7.84. The lowest BCUT2D eigenvalue weighted by atomic mass is 9.99. The van der Waals surface area contributed by atoms with Crippen LogP contribution in [0.5, 0.6) is 0 Å². The van der Waals surface area contributed by atoms with E-state index in [4.69, 9.17) is 0 Å². The number of hydrogen-bond donors (Lipinski definition) is 2. The predicted molar refractivity (Wildman–Crippen MR) is 87.4 cm³/mol. The number of aryl methyl sites for hydroxylation is 1. The summed E-state index contributed by atoms with van der Waals surface area (Å²) in [6, 6.07) is 3.95. The van der Waals surface area contributed by atoms with Gasteiger partial charge in [0, 0.05) is 24.3 Å². The Morgan fingerprint density at radius 1 is 1.29 bits per heavy atom. The van der Waals surface area contributed by atoms with Gasteiger partial charge in [-0.05, 0) is 57.0 Å². The summed E-state index contributed by atoms with van der Waals surface area (Å²) in [6.45, 7) is 8.78.